The third-order valence-electron chi connectivity index (χ3n) is 3.09. The number of nitrogens with two attached hydrogens (primary N) is 1. The Balaban J connectivity index is 2.24. The summed E-state index contributed by atoms with van der Waals surface area (Å²) in [5.41, 5.74) is 7.28. The summed E-state index contributed by atoms with van der Waals surface area (Å²) in [4.78, 5) is 0.223. The van der Waals surface area contributed by atoms with E-state index in [4.69, 9.17) is 18.0 Å². The third kappa shape index (κ3) is 2.16. The number of thiocarbonyl (C=S) groups is 1. The molecule has 0 amide bonds. The van der Waals surface area contributed by atoms with E-state index in [9.17, 15) is 4.39 Å². The topological polar surface area (TPSA) is 38.0 Å². The van der Waals surface area contributed by atoms with Crippen LogP contribution >= 0.6 is 12.2 Å². The second kappa shape index (κ2) is 3.70. The van der Waals surface area contributed by atoms with Gasteiger partial charge in [0.1, 0.15) is 10.8 Å². The summed E-state index contributed by atoms with van der Waals surface area (Å²) in [6.07, 6.45) is 1.11. The van der Waals surface area contributed by atoms with Gasteiger partial charge in [-0.1, -0.05) is 26.1 Å². The number of rotatable bonds is 3. The van der Waals surface area contributed by atoms with E-state index in [1.807, 2.05) is 0 Å². The SMILES string of the molecule is CC1(C)CC1Nc1ccc(F)cc1C(N)=S. The predicted octanol–water partition coefficient (Wildman–Crippen LogP) is 2.67. The molecule has 1 saturated carbocycles. The lowest BCUT2D eigenvalue weighted by Gasteiger charge is -2.12. The van der Waals surface area contributed by atoms with E-state index in [0.717, 1.165) is 12.1 Å². The average molecular weight is 238 g/mol. The predicted molar refractivity (Wildman–Crippen MR) is 68.1 cm³/mol. The molecule has 0 spiro atoms. The summed E-state index contributed by atoms with van der Waals surface area (Å²) in [6, 6.07) is 4.91. The first-order chi connectivity index (χ1) is 7.40. The number of nitrogens with one attached hydrogen (secondary N) is 1. The molecule has 0 aliphatic heterocycles. The fourth-order valence-electron chi connectivity index (χ4n) is 1.75. The van der Waals surface area contributed by atoms with Gasteiger partial charge in [0, 0.05) is 17.3 Å². The minimum atomic E-state index is -0.316. The van der Waals surface area contributed by atoms with Gasteiger partial charge in [-0.25, -0.2) is 4.39 Å². The molecular weight excluding hydrogens is 223 g/mol. The van der Waals surface area contributed by atoms with E-state index >= 15 is 0 Å². The first-order valence-corrected chi connectivity index (χ1v) is 5.67. The Hall–Kier alpha value is -1.16. The quantitative estimate of drug-likeness (QED) is 0.795. The van der Waals surface area contributed by atoms with Crippen molar-refractivity contribution in [3.8, 4) is 0 Å². The summed E-state index contributed by atoms with van der Waals surface area (Å²) in [5.74, 6) is -0.316. The maximum atomic E-state index is 13.1. The molecule has 0 bridgehead atoms. The van der Waals surface area contributed by atoms with Crippen molar-refractivity contribution in [2.75, 3.05) is 5.32 Å². The van der Waals surface area contributed by atoms with Crippen LogP contribution in [0.2, 0.25) is 0 Å². The summed E-state index contributed by atoms with van der Waals surface area (Å²) in [5, 5.41) is 3.35. The zero-order valence-electron chi connectivity index (χ0n) is 9.38. The molecule has 16 heavy (non-hydrogen) atoms. The van der Waals surface area contributed by atoms with Crippen LogP contribution in [-0.4, -0.2) is 11.0 Å². The van der Waals surface area contributed by atoms with Crippen molar-refractivity contribution in [1.82, 2.24) is 0 Å². The van der Waals surface area contributed by atoms with Crippen LogP contribution in [-0.2, 0) is 0 Å². The van der Waals surface area contributed by atoms with E-state index in [1.54, 1.807) is 6.07 Å². The lowest BCUT2D eigenvalue weighted by molar-refractivity contribution is 0.625. The Labute approximate surface area is 100 Å². The Morgan fingerprint density at radius 2 is 2.19 bits per heavy atom. The molecule has 0 heterocycles. The van der Waals surface area contributed by atoms with Gasteiger partial charge in [-0.15, -0.1) is 0 Å². The van der Waals surface area contributed by atoms with Gasteiger partial charge in [-0.05, 0) is 30.0 Å². The normalized spacial score (nSPS) is 21.6. The summed E-state index contributed by atoms with van der Waals surface area (Å²) < 4.78 is 13.1. The molecule has 1 aromatic rings. The molecule has 2 nitrogen and oxygen atoms in total. The number of hydrogen-bond acceptors (Lipinski definition) is 2. The lowest BCUT2D eigenvalue weighted by Crippen LogP contribution is -2.16. The number of benzene rings is 1. The third-order valence-corrected chi connectivity index (χ3v) is 3.31. The molecule has 4 heteroatoms. The van der Waals surface area contributed by atoms with Gasteiger partial charge in [-0.2, -0.15) is 0 Å². The van der Waals surface area contributed by atoms with Crippen molar-refractivity contribution in [3.05, 3.63) is 29.6 Å². The summed E-state index contributed by atoms with van der Waals surface area (Å²) in [6.45, 7) is 4.38. The van der Waals surface area contributed by atoms with Crippen molar-refractivity contribution in [2.24, 2.45) is 11.1 Å². The van der Waals surface area contributed by atoms with Gasteiger partial charge in [0.25, 0.3) is 0 Å². The van der Waals surface area contributed by atoms with Crippen LogP contribution in [0.25, 0.3) is 0 Å². The van der Waals surface area contributed by atoms with E-state index in [1.165, 1.54) is 12.1 Å². The highest BCUT2D eigenvalue weighted by Crippen LogP contribution is 2.46. The molecule has 1 fully saturated rings. The maximum Gasteiger partial charge on any atom is 0.124 e. The second-order valence-corrected chi connectivity index (χ2v) is 5.38. The van der Waals surface area contributed by atoms with Crippen molar-refractivity contribution >= 4 is 22.9 Å². The minimum Gasteiger partial charge on any atom is -0.389 e. The zero-order chi connectivity index (χ0) is 11.9. The van der Waals surface area contributed by atoms with Crippen molar-refractivity contribution < 1.29 is 4.39 Å². The fraction of sp³-hybridized carbons (Fsp3) is 0.417. The maximum absolute atomic E-state index is 13.1. The van der Waals surface area contributed by atoms with Crippen molar-refractivity contribution in [3.63, 3.8) is 0 Å². The fourth-order valence-corrected chi connectivity index (χ4v) is 1.92. The Morgan fingerprint density at radius 1 is 1.56 bits per heavy atom. The molecule has 1 aliphatic rings. The Morgan fingerprint density at radius 3 is 2.69 bits per heavy atom. The zero-order valence-corrected chi connectivity index (χ0v) is 10.2. The molecule has 1 aliphatic carbocycles. The van der Waals surface area contributed by atoms with E-state index < -0.39 is 0 Å². The highest BCUT2D eigenvalue weighted by molar-refractivity contribution is 7.80. The summed E-state index contributed by atoms with van der Waals surface area (Å²) >= 11 is 4.91. The van der Waals surface area contributed by atoms with Crippen LogP contribution < -0.4 is 11.1 Å². The van der Waals surface area contributed by atoms with Crippen LogP contribution in [0, 0.1) is 11.2 Å². The monoisotopic (exact) mass is 238 g/mol. The van der Waals surface area contributed by atoms with Gasteiger partial charge in [0.15, 0.2) is 0 Å². The van der Waals surface area contributed by atoms with E-state index in [-0.39, 0.29) is 10.8 Å². The van der Waals surface area contributed by atoms with Crippen LogP contribution in [0.5, 0.6) is 0 Å². The Kier molecular flexibility index (Phi) is 2.62. The number of halogens is 1. The molecule has 2 rings (SSSR count). The van der Waals surface area contributed by atoms with Crippen LogP contribution in [0.15, 0.2) is 18.2 Å². The first kappa shape index (κ1) is 11.3. The lowest BCUT2D eigenvalue weighted by atomic mass is 10.1. The molecule has 0 radical (unpaired) electrons. The first-order valence-electron chi connectivity index (χ1n) is 5.26. The number of anilines is 1. The smallest absolute Gasteiger partial charge is 0.124 e. The molecular formula is C12H15FN2S. The Bertz CT molecular complexity index is 443. The highest BCUT2D eigenvalue weighted by Gasteiger charge is 2.45. The van der Waals surface area contributed by atoms with Crippen LogP contribution in [0.3, 0.4) is 0 Å². The van der Waals surface area contributed by atoms with Crippen LogP contribution in [0.1, 0.15) is 25.8 Å². The molecule has 1 unspecified atom stereocenters. The number of hydrogen-bond donors (Lipinski definition) is 2. The van der Waals surface area contributed by atoms with Gasteiger partial charge < -0.3 is 11.1 Å². The van der Waals surface area contributed by atoms with Gasteiger partial charge in [-0.3, -0.25) is 0 Å². The average Bonchev–Trinajstić information content (AvgIpc) is 2.76. The molecule has 86 valence electrons. The highest BCUT2D eigenvalue weighted by atomic mass is 32.1. The molecule has 1 atom stereocenters. The molecule has 0 aromatic heterocycles. The standard InChI is InChI=1S/C12H15FN2S/c1-12(2)6-10(12)15-9-4-3-7(13)5-8(9)11(14)16/h3-5,10,15H,6H2,1-2H3,(H2,14,16). The molecule has 0 saturated heterocycles. The molecule has 1 aromatic carbocycles. The van der Waals surface area contributed by atoms with Gasteiger partial charge >= 0.3 is 0 Å². The summed E-state index contributed by atoms with van der Waals surface area (Å²) in [7, 11) is 0. The minimum absolute atomic E-state index is 0.223. The van der Waals surface area contributed by atoms with Crippen LogP contribution in [0.4, 0.5) is 10.1 Å². The van der Waals surface area contributed by atoms with Crippen molar-refractivity contribution in [2.45, 2.75) is 26.3 Å². The van der Waals surface area contributed by atoms with E-state index in [2.05, 4.69) is 19.2 Å². The molecule has 3 N–H and O–H groups in total. The van der Waals surface area contributed by atoms with E-state index in [0.29, 0.717) is 17.0 Å². The second-order valence-electron chi connectivity index (χ2n) is 4.94. The van der Waals surface area contributed by atoms with Crippen molar-refractivity contribution in [1.29, 1.82) is 0 Å². The van der Waals surface area contributed by atoms with Gasteiger partial charge in [0.05, 0.1) is 0 Å². The largest absolute Gasteiger partial charge is 0.389 e. The van der Waals surface area contributed by atoms with Gasteiger partial charge in [0.2, 0.25) is 0 Å².